The number of rotatable bonds is 6. The second-order valence-corrected chi connectivity index (χ2v) is 8.91. The van der Waals surface area contributed by atoms with Crippen molar-refractivity contribution >= 4 is 34.1 Å². The molecule has 0 atom stereocenters. The zero-order valence-electron chi connectivity index (χ0n) is 18.0. The van der Waals surface area contributed by atoms with Gasteiger partial charge in [-0.2, -0.15) is 0 Å². The summed E-state index contributed by atoms with van der Waals surface area (Å²) in [6, 6.07) is 19.8. The number of anilines is 2. The number of urea groups is 1. The van der Waals surface area contributed by atoms with E-state index >= 15 is 0 Å². The van der Waals surface area contributed by atoms with Crippen LogP contribution in [0.3, 0.4) is 0 Å². The van der Waals surface area contributed by atoms with Crippen LogP contribution in [0.4, 0.5) is 15.6 Å². The number of likely N-dealkylation sites (N-methyl/N-ethyl adjacent to an activating group) is 1. The van der Waals surface area contributed by atoms with Gasteiger partial charge in [-0.1, -0.05) is 48.5 Å². The van der Waals surface area contributed by atoms with Crippen LogP contribution in [0.1, 0.15) is 24.1 Å². The molecule has 166 valence electrons. The number of aromatic nitrogens is 1. The van der Waals surface area contributed by atoms with Crippen LogP contribution in [0.2, 0.25) is 0 Å². The number of likely N-dealkylation sites (tertiary alicyclic amines) is 1. The molecule has 1 aliphatic heterocycles. The number of amides is 3. The molecular formula is C24H27N5O2S. The van der Waals surface area contributed by atoms with Crippen LogP contribution in [0.15, 0.2) is 66.0 Å². The summed E-state index contributed by atoms with van der Waals surface area (Å²) in [6.45, 7) is 1.19. The molecule has 2 heterocycles. The van der Waals surface area contributed by atoms with Crippen molar-refractivity contribution in [2.45, 2.75) is 18.3 Å². The molecule has 8 heteroatoms. The summed E-state index contributed by atoms with van der Waals surface area (Å²) in [6.07, 6.45) is 1.52. The fourth-order valence-corrected chi connectivity index (χ4v) is 4.99. The number of hydrogen-bond acceptors (Lipinski definition) is 5. The highest BCUT2D eigenvalue weighted by molar-refractivity contribution is 7.13. The lowest BCUT2D eigenvalue weighted by atomic mass is 9.70. The molecule has 1 aromatic heterocycles. The van der Waals surface area contributed by atoms with E-state index in [-0.39, 0.29) is 17.9 Å². The minimum atomic E-state index is -0.602. The van der Waals surface area contributed by atoms with Gasteiger partial charge in [-0.05, 0) is 30.5 Å². The van der Waals surface area contributed by atoms with Crippen molar-refractivity contribution in [1.82, 2.24) is 14.8 Å². The zero-order valence-corrected chi connectivity index (χ0v) is 18.8. The Kier molecular flexibility index (Phi) is 6.41. The minimum absolute atomic E-state index is 0.00445. The molecule has 0 radical (unpaired) electrons. The Morgan fingerprint density at radius 2 is 1.72 bits per heavy atom. The molecule has 3 aromatic rings. The molecule has 1 aliphatic rings. The van der Waals surface area contributed by atoms with Gasteiger partial charge >= 0.3 is 6.03 Å². The molecular weight excluding hydrogens is 422 g/mol. The summed E-state index contributed by atoms with van der Waals surface area (Å²) >= 11 is 1.59. The smallest absolute Gasteiger partial charge is 0.314 e. The van der Waals surface area contributed by atoms with Gasteiger partial charge in [0.2, 0.25) is 5.91 Å². The Morgan fingerprint density at radius 1 is 1.09 bits per heavy atom. The van der Waals surface area contributed by atoms with Crippen molar-refractivity contribution in [2.75, 3.05) is 32.0 Å². The average molecular weight is 450 g/mol. The van der Waals surface area contributed by atoms with E-state index in [0.717, 1.165) is 29.4 Å². The summed E-state index contributed by atoms with van der Waals surface area (Å²) in [5.74, 6) is -0.0855. The maximum atomic E-state index is 12.7. The number of nitrogens with two attached hydrogens (primary N) is 1. The monoisotopic (exact) mass is 449 g/mol. The molecule has 32 heavy (non-hydrogen) atoms. The van der Waals surface area contributed by atoms with E-state index in [9.17, 15) is 9.59 Å². The summed E-state index contributed by atoms with van der Waals surface area (Å²) in [5.41, 5.74) is 8.24. The SMILES string of the molecule is CN(CC(=O)N1CCC(c2ccccc2)(c2csc(Nc3ccccc3)n2)CC1)C(N)=O. The first-order valence-corrected chi connectivity index (χ1v) is 11.5. The fraction of sp³-hybridized carbons (Fsp3) is 0.292. The van der Waals surface area contributed by atoms with Gasteiger partial charge in [0.15, 0.2) is 5.13 Å². The first kappa shape index (κ1) is 21.8. The highest BCUT2D eigenvalue weighted by Crippen LogP contribution is 2.42. The Morgan fingerprint density at radius 3 is 2.34 bits per heavy atom. The molecule has 4 rings (SSSR count). The average Bonchev–Trinajstić information content (AvgIpc) is 3.29. The minimum Gasteiger partial charge on any atom is -0.351 e. The van der Waals surface area contributed by atoms with Crippen molar-refractivity contribution in [3.8, 4) is 0 Å². The van der Waals surface area contributed by atoms with Crippen LogP contribution in [0.5, 0.6) is 0 Å². The van der Waals surface area contributed by atoms with Crippen molar-refractivity contribution in [3.05, 3.63) is 77.3 Å². The van der Waals surface area contributed by atoms with Gasteiger partial charge in [0.25, 0.3) is 0 Å². The van der Waals surface area contributed by atoms with Crippen molar-refractivity contribution in [2.24, 2.45) is 5.73 Å². The summed E-state index contributed by atoms with van der Waals surface area (Å²) < 4.78 is 0. The van der Waals surface area contributed by atoms with Crippen LogP contribution in [0.25, 0.3) is 0 Å². The first-order valence-electron chi connectivity index (χ1n) is 10.6. The maximum Gasteiger partial charge on any atom is 0.314 e. The first-order chi connectivity index (χ1) is 15.5. The number of primary amides is 1. The molecule has 1 saturated heterocycles. The number of nitrogens with zero attached hydrogens (tertiary/aromatic N) is 3. The molecule has 2 aromatic carbocycles. The number of carbonyl (C=O) groups is 2. The van der Waals surface area contributed by atoms with E-state index in [2.05, 4.69) is 22.8 Å². The maximum absolute atomic E-state index is 12.7. The molecule has 0 aliphatic carbocycles. The third kappa shape index (κ3) is 4.60. The summed E-state index contributed by atoms with van der Waals surface area (Å²) in [4.78, 5) is 32.0. The van der Waals surface area contributed by atoms with Crippen LogP contribution >= 0.6 is 11.3 Å². The number of benzene rings is 2. The second kappa shape index (κ2) is 9.40. The molecule has 0 spiro atoms. The Hall–Kier alpha value is -3.39. The van der Waals surface area contributed by atoms with E-state index in [1.54, 1.807) is 11.3 Å². The predicted octanol–water partition coefficient (Wildman–Crippen LogP) is 3.81. The highest BCUT2D eigenvalue weighted by Gasteiger charge is 2.41. The summed E-state index contributed by atoms with van der Waals surface area (Å²) in [5, 5.41) is 6.36. The normalized spacial score (nSPS) is 15.2. The number of piperidine rings is 1. The predicted molar refractivity (Wildman–Crippen MR) is 127 cm³/mol. The van der Waals surface area contributed by atoms with Gasteiger partial charge in [-0.15, -0.1) is 11.3 Å². The van der Waals surface area contributed by atoms with Gasteiger partial charge in [-0.25, -0.2) is 9.78 Å². The lowest BCUT2D eigenvalue weighted by Crippen LogP contribution is -2.49. The van der Waals surface area contributed by atoms with Crippen LogP contribution in [-0.2, 0) is 10.2 Å². The lowest BCUT2D eigenvalue weighted by Gasteiger charge is -2.41. The Labute approximate surface area is 191 Å². The Balaban J connectivity index is 1.55. The molecule has 3 amide bonds. The largest absolute Gasteiger partial charge is 0.351 e. The molecule has 1 fully saturated rings. The van der Waals surface area contributed by atoms with Gasteiger partial charge in [0.1, 0.15) is 6.54 Å². The summed E-state index contributed by atoms with van der Waals surface area (Å²) in [7, 11) is 1.54. The standard InChI is InChI=1S/C24H27N5O2S/c1-28(22(25)31)16-21(30)29-14-12-24(13-15-29,18-8-4-2-5-9-18)20-17-32-23(27-20)26-19-10-6-3-7-11-19/h2-11,17H,12-16H2,1H3,(H2,25,31)(H,26,27). The lowest BCUT2D eigenvalue weighted by molar-refractivity contribution is -0.133. The van der Waals surface area contributed by atoms with Crippen molar-refractivity contribution < 1.29 is 9.59 Å². The quantitative estimate of drug-likeness (QED) is 0.599. The number of thiazole rings is 1. The van der Waals surface area contributed by atoms with Gasteiger partial charge < -0.3 is 20.9 Å². The Bertz CT molecular complexity index is 1060. The van der Waals surface area contributed by atoms with Gasteiger partial charge in [0, 0.05) is 36.6 Å². The van der Waals surface area contributed by atoms with E-state index < -0.39 is 6.03 Å². The highest BCUT2D eigenvalue weighted by atomic mass is 32.1. The van der Waals surface area contributed by atoms with Gasteiger partial charge in [-0.3, -0.25) is 4.79 Å². The topological polar surface area (TPSA) is 91.6 Å². The van der Waals surface area contributed by atoms with Crippen LogP contribution < -0.4 is 11.1 Å². The molecule has 0 saturated carbocycles. The fourth-order valence-electron chi connectivity index (χ4n) is 4.16. The van der Waals surface area contributed by atoms with E-state index in [1.165, 1.54) is 17.5 Å². The molecule has 3 N–H and O–H groups in total. The van der Waals surface area contributed by atoms with Crippen LogP contribution in [-0.4, -0.2) is 53.4 Å². The van der Waals surface area contributed by atoms with Crippen LogP contribution in [0, 0.1) is 0 Å². The molecule has 7 nitrogen and oxygen atoms in total. The third-order valence-corrected chi connectivity index (χ3v) is 6.82. The van der Waals surface area contributed by atoms with Crippen molar-refractivity contribution in [3.63, 3.8) is 0 Å². The zero-order chi connectivity index (χ0) is 22.6. The second-order valence-electron chi connectivity index (χ2n) is 8.05. The number of hydrogen-bond donors (Lipinski definition) is 2. The molecule has 0 bridgehead atoms. The van der Waals surface area contributed by atoms with E-state index in [0.29, 0.717) is 13.1 Å². The van der Waals surface area contributed by atoms with E-state index in [1.807, 2.05) is 53.4 Å². The van der Waals surface area contributed by atoms with E-state index in [4.69, 9.17) is 10.7 Å². The van der Waals surface area contributed by atoms with Gasteiger partial charge in [0.05, 0.1) is 5.69 Å². The number of nitrogens with one attached hydrogen (secondary N) is 1. The van der Waals surface area contributed by atoms with Crippen molar-refractivity contribution in [1.29, 1.82) is 0 Å². The number of carbonyl (C=O) groups excluding carboxylic acids is 2. The molecule has 0 unspecified atom stereocenters. The third-order valence-electron chi connectivity index (χ3n) is 6.06. The number of para-hydroxylation sites is 1.